The van der Waals surface area contributed by atoms with E-state index >= 15 is 0 Å². The van der Waals surface area contributed by atoms with Crippen LogP contribution in [0, 0.1) is 34.6 Å². The number of nitrogens with one attached hydrogen (secondary N) is 2. The Morgan fingerprint density at radius 1 is 1.10 bits per heavy atom. The summed E-state index contributed by atoms with van der Waals surface area (Å²) in [4.78, 5) is 27.7. The summed E-state index contributed by atoms with van der Waals surface area (Å²) >= 11 is 7.24. The molecule has 4 rings (SSSR count). The second-order valence-electron chi connectivity index (χ2n) is 9.35. The van der Waals surface area contributed by atoms with E-state index in [2.05, 4.69) is 22.4 Å². The van der Waals surface area contributed by atoms with Crippen molar-refractivity contribution in [3.8, 4) is 0 Å². The van der Waals surface area contributed by atoms with Crippen LogP contribution in [0.1, 0.15) is 52.9 Å². The maximum Gasteiger partial charge on any atom is 0.267 e. The van der Waals surface area contributed by atoms with E-state index < -0.39 is 21.1 Å². The third-order valence-corrected chi connectivity index (χ3v) is 10.3. The molecule has 1 amide bonds. The van der Waals surface area contributed by atoms with Gasteiger partial charge in [-0.3, -0.25) is 9.59 Å². The summed E-state index contributed by atoms with van der Waals surface area (Å²) in [5.41, 5.74) is 3.44. The lowest BCUT2D eigenvalue weighted by Gasteiger charge is -2.17. The molecule has 208 valence electrons. The molecule has 0 spiro atoms. The minimum absolute atomic E-state index is 0.0132. The standard InChI is InChI=1S/C29H28ClN3O5S2/c1-7-22(32-29-24(30)18(5)33-38-29)40(36,37)27-17(4)19(6)39-26(27)28(35)31-21-14-15(2)13-16(3)23(21)25(34)20-11-9-8-10-12-20/h7-14,22,32H,1H2,2-6H3,(H,31,35). The van der Waals surface area contributed by atoms with Gasteiger partial charge in [0.1, 0.15) is 15.6 Å². The second-order valence-corrected chi connectivity index (χ2v) is 13.0. The molecule has 0 saturated heterocycles. The molecule has 11 heteroatoms. The summed E-state index contributed by atoms with van der Waals surface area (Å²) in [6, 6.07) is 12.3. The van der Waals surface area contributed by atoms with Crippen LogP contribution >= 0.6 is 22.9 Å². The van der Waals surface area contributed by atoms with Crippen LogP contribution in [0.2, 0.25) is 5.02 Å². The summed E-state index contributed by atoms with van der Waals surface area (Å²) in [5.74, 6) is -0.930. The molecular formula is C29H28ClN3O5S2. The first-order chi connectivity index (χ1) is 18.9. The fraction of sp³-hybridized carbons (Fsp3) is 0.207. The normalized spacial score (nSPS) is 12.2. The van der Waals surface area contributed by atoms with Gasteiger partial charge < -0.3 is 15.2 Å². The van der Waals surface area contributed by atoms with Gasteiger partial charge >= 0.3 is 0 Å². The first kappa shape index (κ1) is 29.3. The zero-order chi connectivity index (χ0) is 29.4. The number of carbonyl (C=O) groups excluding carboxylic acids is 2. The van der Waals surface area contributed by atoms with Crippen molar-refractivity contribution in [2.45, 2.75) is 44.9 Å². The van der Waals surface area contributed by atoms with Crippen LogP contribution < -0.4 is 10.6 Å². The smallest absolute Gasteiger partial charge is 0.267 e. The monoisotopic (exact) mass is 597 g/mol. The van der Waals surface area contributed by atoms with Crippen LogP contribution in [0.5, 0.6) is 0 Å². The molecule has 0 aliphatic carbocycles. The zero-order valence-corrected chi connectivity index (χ0v) is 25.0. The number of carbonyl (C=O) groups is 2. The van der Waals surface area contributed by atoms with E-state index in [0.29, 0.717) is 38.5 Å². The number of thiophene rings is 1. The van der Waals surface area contributed by atoms with Gasteiger partial charge in [0.05, 0.1) is 10.6 Å². The van der Waals surface area contributed by atoms with E-state index in [1.165, 1.54) is 6.08 Å². The fourth-order valence-electron chi connectivity index (χ4n) is 4.35. The highest BCUT2D eigenvalue weighted by Crippen LogP contribution is 2.36. The molecule has 2 aromatic heterocycles. The van der Waals surface area contributed by atoms with Crippen molar-refractivity contribution in [2.75, 3.05) is 10.6 Å². The van der Waals surface area contributed by atoms with Crippen molar-refractivity contribution in [3.63, 3.8) is 0 Å². The minimum Gasteiger partial charge on any atom is -0.337 e. The largest absolute Gasteiger partial charge is 0.337 e. The maximum atomic E-state index is 13.9. The molecule has 4 aromatic rings. The summed E-state index contributed by atoms with van der Waals surface area (Å²) < 4.78 is 32.9. The minimum atomic E-state index is -4.21. The number of hydrogen-bond acceptors (Lipinski definition) is 8. The SMILES string of the molecule is C=CC(Nc1onc(C)c1Cl)S(=O)(=O)c1c(C(=O)Nc2cc(C)cc(C)c2C(=O)c2ccccc2)sc(C)c1C. The number of sulfone groups is 1. The Bertz CT molecular complexity index is 1740. The van der Waals surface area contributed by atoms with Gasteiger partial charge in [0.25, 0.3) is 5.91 Å². The lowest BCUT2D eigenvalue weighted by Crippen LogP contribution is -2.29. The van der Waals surface area contributed by atoms with Crippen molar-refractivity contribution in [1.82, 2.24) is 5.16 Å². The number of aromatic nitrogens is 1. The average molecular weight is 598 g/mol. The van der Waals surface area contributed by atoms with E-state index in [4.69, 9.17) is 16.1 Å². The first-order valence-corrected chi connectivity index (χ1v) is 15.0. The number of aryl methyl sites for hydroxylation is 4. The Hall–Kier alpha value is -3.73. The van der Waals surface area contributed by atoms with Gasteiger partial charge in [-0.1, -0.05) is 65.8 Å². The Morgan fingerprint density at radius 3 is 2.38 bits per heavy atom. The Kier molecular flexibility index (Phi) is 8.34. The van der Waals surface area contributed by atoms with Gasteiger partial charge in [-0.2, -0.15) is 0 Å². The molecular weight excluding hydrogens is 570 g/mol. The van der Waals surface area contributed by atoms with E-state index in [9.17, 15) is 18.0 Å². The molecule has 2 aromatic carbocycles. The van der Waals surface area contributed by atoms with Gasteiger partial charge in [0.2, 0.25) is 15.7 Å². The predicted octanol–water partition coefficient (Wildman–Crippen LogP) is 6.81. The molecule has 1 unspecified atom stereocenters. The first-order valence-electron chi connectivity index (χ1n) is 12.2. The fourth-order valence-corrected chi connectivity index (χ4v) is 7.66. The maximum absolute atomic E-state index is 13.9. The van der Waals surface area contributed by atoms with Crippen LogP contribution in [0.3, 0.4) is 0 Å². The van der Waals surface area contributed by atoms with E-state index in [1.54, 1.807) is 58.0 Å². The lowest BCUT2D eigenvalue weighted by molar-refractivity contribution is 0.102. The highest BCUT2D eigenvalue weighted by Gasteiger charge is 2.35. The quantitative estimate of drug-likeness (QED) is 0.161. The van der Waals surface area contributed by atoms with Crippen LogP contribution in [0.25, 0.3) is 0 Å². The highest BCUT2D eigenvalue weighted by molar-refractivity contribution is 7.92. The number of halogens is 1. The van der Waals surface area contributed by atoms with Crippen LogP contribution in [-0.2, 0) is 9.84 Å². The van der Waals surface area contributed by atoms with Gasteiger partial charge in [-0.15, -0.1) is 11.3 Å². The van der Waals surface area contributed by atoms with Crippen LogP contribution in [0.4, 0.5) is 11.6 Å². The van der Waals surface area contributed by atoms with Crippen molar-refractivity contribution in [2.24, 2.45) is 0 Å². The van der Waals surface area contributed by atoms with Crippen molar-refractivity contribution in [3.05, 3.63) is 103 Å². The molecule has 0 aliphatic heterocycles. The number of nitrogens with zero attached hydrogens (tertiary/aromatic N) is 1. The average Bonchev–Trinajstić information content (AvgIpc) is 3.39. The molecule has 0 saturated carbocycles. The third kappa shape index (κ3) is 5.47. The van der Waals surface area contributed by atoms with Gasteiger partial charge in [0, 0.05) is 16.0 Å². The molecule has 2 N–H and O–H groups in total. The number of hydrogen-bond donors (Lipinski definition) is 2. The molecule has 2 heterocycles. The Labute approximate surface area is 242 Å². The number of amides is 1. The molecule has 0 radical (unpaired) electrons. The van der Waals surface area contributed by atoms with Gasteiger partial charge in [0.15, 0.2) is 11.2 Å². The van der Waals surface area contributed by atoms with E-state index in [1.807, 2.05) is 19.1 Å². The third-order valence-electron chi connectivity index (χ3n) is 6.42. The van der Waals surface area contributed by atoms with Crippen molar-refractivity contribution in [1.29, 1.82) is 0 Å². The zero-order valence-electron chi connectivity index (χ0n) is 22.6. The number of anilines is 2. The molecule has 1 atom stereocenters. The van der Waals surface area contributed by atoms with E-state index in [-0.39, 0.29) is 26.5 Å². The summed E-state index contributed by atoms with van der Waals surface area (Å²) in [7, 11) is -4.21. The molecule has 40 heavy (non-hydrogen) atoms. The lowest BCUT2D eigenvalue weighted by atomic mass is 9.95. The van der Waals surface area contributed by atoms with Gasteiger partial charge in [-0.25, -0.2) is 8.42 Å². The number of benzene rings is 2. The predicted molar refractivity (Wildman–Crippen MR) is 159 cm³/mol. The molecule has 0 bridgehead atoms. The topological polar surface area (TPSA) is 118 Å². The summed E-state index contributed by atoms with van der Waals surface area (Å²) in [6.07, 6.45) is 1.19. The van der Waals surface area contributed by atoms with Crippen LogP contribution in [0.15, 0.2) is 64.5 Å². The van der Waals surface area contributed by atoms with Crippen molar-refractivity contribution < 1.29 is 22.5 Å². The highest BCUT2D eigenvalue weighted by atomic mass is 35.5. The number of rotatable bonds is 9. The molecule has 0 aliphatic rings. The number of ketones is 1. The van der Waals surface area contributed by atoms with Gasteiger partial charge in [-0.05, 0) is 57.4 Å². The second kappa shape index (κ2) is 11.4. The summed E-state index contributed by atoms with van der Waals surface area (Å²) in [5, 5.41) is 8.07. The van der Waals surface area contributed by atoms with E-state index in [0.717, 1.165) is 16.9 Å². The summed E-state index contributed by atoms with van der Waals surface area (Å²) in [6.45, 7) is 12.3. The van der Waals surface area contributed by atoms with Crippen molar-refractivity contribution >= 4 is 56.0 Å². The molecule has 0 fully saturated rings. The Morgan fingerprint density at radius 2 is 1.77 bits per heavy atom. The van der Waals surface area contributed by atoms with Crippen LogP contribution in [-0.4, -0.2) is 30.6 Å². The Balaban J connectivity index is 1.76. The molecule has 8 nitrogen and oxygen atoms in total.